The van der Waals surface area contributed by atoms with Crippen LogP contribution in [0.3, 0.4) is 0 Å². The zero-order valence-electron chi connectivity index (χ0n) is 8.06. The van der Waals surface area contributed by atoms with Gasteiger partial charge >= 0.3 is 0 Å². The highest BCUT2D eigenvalue weighted by Crippen LogP contribution is 2.19. The van der Waals surface area contributed by atoms with Gasteiger partial charge in [-0.15, -0.1) is 0 Å². The Kier molecular flexibility index (Phi) is 2.13. The summed E-state index contributed by atoms with van der Waals surface area (Å²) in [4.78, 5) is 11.9. The molecule has 1 aliphatic heterocycles. The molecule has 5 heteroatoms. The standard InChI is InChI=1S/C9H13N3O2/c1-12-4-2-7(11-12)8(13)9(10)3-5-14-6-9/h2,4H,3,5-6,10H2,1H3. The van der Waals surface area contributed by atoms with E-state index in [-0.39, 0.29) is 5.78 Å². The molecule has 2 N–H and O–H groups in total. The Morgan fingerprint density at radius 1 is 1.79 bits per heavy atom. The average molecular weight is 195 g/mol. The summed E-state index contributed by atoms with van der Waals surface area (Å²) in [5, 5.41) is 4.03. The molecule has 1 aromatic rings. The van der Waals surface area contributed by atoms with E-state index in [1.54, 1.807) is 24.0 Å². The number of ketones is 1. The number of carbonyl (C=O) groups is 1. The Bertz CT molecular complexity index is 353. The molecule has 1 aliphatic rings. The molecule has 0 radical (unpaired) electrons. The van der Waals surface area contributed by atoms with Crippen LogP contribution in [0, 0.1) is 0 Å². The van der Waals surface area contributed by atoms with Crippen molar-refractivity contribution in [3.05, 3.63) is 18.0 Å². The Morgan fingerprint density at radius 2 is 2.57 bits per heavy atom. The fourth-order valence-electron chi connectivity index (χ4n) is 1.55. The van der Waals surface area contributed by atoms with Crippen molar-refractivity contribution in [3.8, 4) is 0 Å². The summed E-state index contributed by atoms with van der Waals surface area (Å²) in [7, 11) is 1.77. The third-order valence-electron chi connectivity index (χ3n) is 2.45. The van der Waals surface area contributed by atoms with Crippen LogP contribution in [0.15, 0.2) is 12.3 Å². The Hall–Kier alpha value is -1.20. The molecule has 1 aromatic heterocycles. The van der Waals surface area contributed by atoms with E-state index < -0.39 is 5.54 Å². The predicted octanol–water partition coefficient (Wildman–Crippen LogP) is -0.279. The largest absolute Gasteiger partial charge is 0.379 e. The Morgan fingerprint density at radius 3 is 3.07 bits per heavy atom. The van der Waals surface area contributed by atoms with Gasteiger partial charge in [0.15, 0.2) is 0 Å². The fraction of sp³-hybridized carbons (Fsp3) is 0.556. The average Bonchev–Trinajstić information content (AvgIpc) is 2.74. The topological polar surface area (TPSA) is 70.1 Å². The van der Waals surface area contributed by atoms with Gasteiger partial charge in [0.05, 0.1) is 6.61 Å². The lowest BCUT2D eigenvalue weighted by molar-refractivity contribution is 0.0857. The molecule has 1 saturated heterocycles. The van der Waals surface area contributed by atoms with Crippen molar-refractivity contribution in [2.75, 3.05) is 13.2 Å². The SMILES string of the molecule is Cn1ccc(C(=O)C2(N)CCOC2)n1. The second-order valence-corrected chi connectivity index (χ2v) is 3.66. The van der Waals surface area contributed by atoms with Crippen molar-refractivity contribution < 1.29 is 9.53 Å². The van der Waals surface area contributed by atoms with Gasteiger partial charge in [-0.3, -0.25) is 9.48 Å². The van der Waals surface area contributed by atoms with Crippen molar-refractivity contribution in [3.63, 3.8) is 0 Å². The van der Waals surface area contributed by atoms with Crippen molar-refractivity contribution in [1.29, 1.82) is 0 Å². The number of hydrogen-bond acceptors (Lipinski definition) is 4. The van der Waals surface area contributed by atoms with Gasteiger partial charge in [0, 0.05) is 19.9 Å². The van der Waals surface area contributed by atoms with E-state index in [1.165, 1.54) is 0 Å². The molecule has 1 unspecified atom stereocenters. The predicted molar refractivity (Wildman–Crippen MR) is 49.9 cm³/mol. The normalized spacial score (nSPS) is 26.7. The van der Waals surface area contributed by atoms with Gasteiger partial charge in [-0.25, -0.2) is 0 Å². The fourth-order valence-corrected chi connectivity index (χ4v) is 1.55. The van der Waals surface area contributed by atoms with Crippen LogP contribution < -0.4 is 5.73 Å². The van der Waals surface area contributed by atoms with Crippen molar-refractivity contribution in [2.24, 2.45) is 12.8 Å². The monoisotopic (exact) mass is 195 g/mol. The number of Topliss-reactive ketones (excluding diaryl/α,β-unsaturated/α-hetero) is 1. The van der Waals surface area contributed by atoms with Crippen molar-refractivity contribution in [2.45, 2.75) is 12.0 Å². The highest BCUT2D eigenvalue weighted by atomic mass is 16.5. The van der Waals surface area contributed by atoms with Gasteiger partial charge in [0.25, 0.3) is 0 Å². The summed E-state index contributed by atoms with van der Waals surface area (Å²) in [5.74, 6) is -0.129. The molecule has 14 heavy (non-hydrogen) atoms. The van der Waals surface area contributed by atoms with Crippen LogP contribution in [0.1, 0.15) is 16.9 Å². The molecule has 2 heterocycles. The van der Waals surface area contributed by atoms with E-state index >= 15 is 0 Å². The van der Waals surface area contributed by atoms with Gasteiger partial charge in [0.2, 0.25) is 5.78 Å². The zero-order chi connectivity index (χ0) is 10.2. The summed E-state index contributed by atoms with van der Waals surface area (Å²) in [6.45, 7) is 0.845. The van der Waals surface area contributed by atoms with E-state index in [1.807, 2.05) is 0 Å². The molecule has 5 nitrogen and oxygen atoms in total. The summed E-state index contributed by atoms with van der Waals surface area (Å²) >= 11 is 0. The van der Waals surface area contributed by atoms with E-state index in [9.17, 15) is 4.79 Å². The van der Waals surface area contributed by atoms with Gasteiger partial charge in [-0.1, -0.05) is 0 Å². The molecule has 0 saturated carbocycles. The first-order valence-corrected chi connectivity index (χ1v) is 4.53. The molecule has 0 aliphatic carbocycles. The number of carbonyl (C=O) groups excluding carboxylic acids is 1. The maximum Gasteiger partial charge on any atom is 0.205 e. The molecule has 0 amide bonds. The van der Waals surface area contributed by atoms with Crippen molar-refractivity contribution in [1.82, 2.24) is 9.78 Å². The van der Waals surface area contributed by atoms with Gasteiger partial charge in [-0.2, -0.15) is 5.10 Å². The van der Waals surface area contributed by atoms with Crippen molar-refractivity contribution >= 4 is 5.78 Å². The summed E-state index contributed by atoms with van der Waals surface area (Å²) in [6, 6.07) is 1.68. The number of hydrogen-bond donors (Lipinski definition) is 1. The van der Waals surface area contributed by atoms with Crippen LogP contribution in [-0.2, 0) is 11.8 Å². The minimum atomic E-state index is -0.867. The number of aromatic nitrogens is 2. The van der Waals surface area contributed by atoms with E-state index in [0.717, 1.165) is 0 Å². The molecule has 2 rings (SSSR count). The summed E-state index contributed by atoms with van der Waals surface area (Å²) in [5.41, 5.74) is 5.47. The molecular weight excluding hydrogens is 182 g/mol. The molecule has 0 bridgehead atoms. The molecule has 0 spiro atoms. The summed E-state index contributed by atoms with van der Waals surface area (Å²) < 4.78 is 6.72. The number of rotatable bonds is 2. The molecule has 76 valence electrons. The second-order valence-electron chi connectivity index (χ2n) is 3.66. The maximum absolute atomic E-state index is 11.9. The van der Waals surface area contributed by atoms with Gasteiger partial charge < -0.3 is 10.5 Å². The first kappa shape index (κ1) is 9.36. The minimum Gasteiger partial charge on any atom is -0.379 e. The third kappa shape index (κ3) is 1.44. The minimum absolute atomic E-state index is 0.129. The summed E-state index contributed by atoms with van der Waals surface area (Å²) in [6.07, 6.45) is 2.30. The Labute approximate surface area is 81.8 Å². The Balaban J connectivity index is 2.23. The van der Waals surface area contributed by atoms with Crippen LogP contribution >= 0.6 is 0 Å². The lowest BCUT2D eigenvalue weighted by Gasteiger charge is -2.17. The molecular formula is C9H13N3O2. The van der Waals surface area contributed by atoms with E-state index in [2.05, 4.69) is 5.10 Å². The van der Waals surface area contributed by atoms with Gasteiger partial charge in [0.1, 0.15) is 11.2 Å². The highest BCUT2D eigenvalue weighted by Gasteiger charge is 2.39. The van der Waals surface area contributed by atoms with Gasteiger partial charge in [-0.05, 0) is 12.5 Å². The molecule has 1 atom stereocenters. The first-order valence-electron chi connectivity index (χ1n) is 4.53. The van der Waals surface area contributed by atoms with Crippen LogP contribution in [0.2, 0.25) is 0 Å². The van der Waals surface area contributed by atoms with Crippen LogP contribution in [0.25, 0.3) is 0 Å². The number of nitrogens with two attached hydrogens (primary N) is 1. The smallest absolute Gasteiger partial charge is 0.205 e. The molecule has 1 fully saturated rings. The quantitative estimate of drug-likeness (QED) is 0.659. The molecule has 0 aromatic carbocycles. The first-order chi connectivity index (χ1) is 6.62. The second kappa shape index (κ2) is 3.18. The third-order valence-corrected chi connectivity index (χ3v) is 2.45. The van der Waals surface area contributed by atoms with Crippen LogP contribution in [0.5, 0.6) is 0 Å². The zero-order valence-corrected chi connectivity index (χ0v) is 8.06. The van der Waals surface area contributed by atoms with E-state index in [4.69, 9.17) is 10.5 Å². The lowest BCUT2D eigenvalue weighted by atomic mass is 9.92. The van der Waals surface area contributed by atoms with Crippen LogP contribution in [-0.4, -0.2) is 34.3 Å². The van der Waals surface area contributed by atoms with E-state index in [0.29, 0.717) is 25.3 Å². The highest BCUT2D eigenvalue weighted by molar-refractivity contribution is 6.01. The maximum atomic E-state index is 11.9. The number of nitrogens with zero attached hydrogens (tertiary/aromatic N) is 2. The van der Waals surface area contributed by atoms with Crippen LogP contribution in [0.4, 0.5) is 0 Å². The number of ether oxygens (including phenoxy) is 1. The number of aryl methyl sites for hydroxylation is 1. The lowest BCUT2D eigenvalue weighted by Crippen LogP contribution is -2.48.